The number of amides is 1. The number of anilines is 2. The van der Waals surface area contributed by atoms with Gasteiger partial charge in [0, 0.05) is 10.9 Å². The van der Waals surface area contributed by atoms with Crippen LogP contribution in [-0.4, -0.2) is 32.4 Å². The minimum Gasteiger partial charge on any atom is -0.298 e. The van der Waals surface area contributed by atoms with Crippen LogP contribution in [0.5, 0.6) is 0 Å². The number of sulfonamides is 1. The first-order chi connectivity index (χ1) is 15.3. The molecule has 2 aromatic carbocycles. The SMILES string of the molecule is [B]c1ccc(-c2csc(NC(=O)c3ccc(F)cc3NS(=O)(=O)C3CCCCC3)n2)cc1. The van der Waals surface area contributed by atoms with Crippen LogP contribution in [0, 0.1) is 5.82 Å². The molecule has 0 aliphatic heterocycles. The van der Waals surface area contributed by atoms with Crippen molar-refractivity contribution in [1.29, 1.82) is 0 Å². The minimum atomic E-state index is -3.74. The second-order valence-corrected chi connectivity index (χ2v) is 10.5. The number of nitrogens with one attached hydrogen (secondary N) is 2. The molecule has 0 bridgehead atoms. The fourth-order valence-corrected chi connectivity index (χ4v) is 6.00. The maximum absolute atomic E-state index is 13.9. The summed E-state index contributed by atoms with van der Waals surface area (Å²) in [7, 11) is 1.97. The second kappa shape index (κ2) is 9.42. The third-order valence-corrected chi connectivity index (χ3v) is 8.01. The van der Waals surface area contributed by atoms with E-state index in [2.05, 4.69) is 15.0 Å². The molecule has 3 aromatic rings. The summed E-state index contributed by atoms with van der Waals surface area (Å²) >= 11 is 1.23. The van der Waals surface area contributed by atoms with Crippen molar-refractivity contribution in [2.45, 2.75) is 37.4 Å². The normalized spacial score (nSPS) is 14.8. The Hall–Kier alpha value is -2.72. The Morgan fingerprint density at radius 1 is 1.09 bits per heavy atom. The van der Waals surface area contributed by atoms with Crippen molar-refractivity contribution in [2.75, 3.05) is 10.0 Å². The average molecular weight is 469 g/mol. The van der Waals surface area contributed by atoms with Gasteiger partial charge in [-0.05, 0) is 31.0 Å². The first kappa shape index (κ1) is 22.5. The third kappa shape index (κ3) is 5.19. The first-order valence-electron chi connectivity index (χ1n) is 10.3. The van der Waals surface area contributed by atoms with Crippen LogP contribution in [0.1, 0.15) is 42.5 Å². The predicted octanol–water partition coefficient (Wildman–Crippen LogP) is 4.07. The monoisotopic (exact) mass is 469 g/mol. The molecule has 0 unspecified atom stereocenters. The van der Waals surface area contributed by atoms with E-state index in [0.717, 1.165) is 37.0 Å². The lowest BCUT2D eigenvalue weighted by molar-refractivity contribution is 0.102. The highest BCUT2D eigenvalue weighted by Crippen LogP contribution is 2.29. The molecule has 1 aliphatic rings. The Kier molecular flexibility index (Phi) is 6.62. The van der Waals surface area contributed by atoms with Gasteiger partial charge in [-0.25, -0.2) is 17.8 Å². The van der Waals surface area contributed by atoms with Crippen LogP contribution >= 0.6 is 11.3 Å². The van der Waals surface area contributed by atoms with Gasteiger partial charge in [0.1, 0.15) is 13.7 Å². The van der Waals surface area contributed by atoms with Crippen LogP contribution in [0.15, 0.2) is 47.8 Å². The molecule has 1 aliphatic carbocycles. The Bertz CT molecular complexity index is 1220. The van der Waals surface area contributed by atoms with E-state index < -0.39 is 27.0 Å². The van der Waals surface area contributed by atoms with E-state index in [0.29, 0.717) is 29.1 Å². The summed E-state index contributed by atoms with van der Waals surface area (Å²) in [6.07, 6.45) is 3.79. The molecule has 2 radical (unpaired) electrons. The van der Waals surface area contributed by atoms with Crippen LogP contribution in [0.2, 0.25) is 0 Å². The lowest BCUT2D eigenvalue weighted by atomic mass is 9.95. The summed E-state index contributed by atoms with van der Waals surface area (Å²) in [6.45, 7) is 0. The Morgan fingerprint density at radius 3 is 2.53 bits per heavy atom. The quantitative estimate of drug-likeness (QED) is 0.533. The maximum atomic E-state index is 13.9. The van der Waals surface area contributed by atoms with Crippen molar-refractivity contribution in [2.24, 2.45) is 0 Å². The lowest BCUT2D eigenvalue weighted by Crippen LogP contribution is -2.30. The van der Waals surface area contributed by atoms with Crippen molar-refractivity contribution >= 4 is 51.4 Å². The third-order valence-electron chi connectivity index (χ3n) is 5.40. The Balaban J connectivity index is 1.53. The molecule has 0 atom stereocenters. The molecular formula is C22H21BFN3O3S2. The number of carbonyl (C=O) groups excluding carboxylic acids is 1. The van der Waals surface area contributed by atoms with E-state index in [1.807, 2.05) is 12.1 Å². The van der Waals surface area contributed by atoms with Gasteiger partial charge in [-0.3, -0.25) is 14.8 Å². The van der Waals surface area contributed by atoms with E-state index in [1.165, 1.54) is 17.4 Å². The summed E-state index contributed by atoms with van der Waals surface area (Å²) in [6, 6.07) is 10.6. The topological polar surface area (TPSA) is 88.2 Å². The molecule has 6 nitrogen and oxygen atoms in total. The molecule has 10 heteroatoms. The van der Waals surface area contributed by atoms with Gasteiger partial charge in [0.15, 0.2) is 5.13 Å². The zero-order valence-corrected chi connectivity index (χ0v) is 18.8. The second-order valence-electron chi connectivity index (χ2n) is 7.71. The number of carbonyl (C=O) groups is 1. The fraction of sp³-hybridized carbons (Fsp3) is 0.273. The summed E-state index contributed by atoms with van der Waals surface area (Å²) in [5, 5.41) is 4.26. The smallest absolute Gasteiger partial charge is 0.259 e. The zero-order valence-electron chi connectivity index (χ0n) is 17.2. The van der Waals surface area contributed by atoms with Gasteiger partial charge in [-0.1, -0.05) is 49.0 Å². The van der Waals surface area contributed by atoms with Crippen LogP contribution < -0.4 is 15.5 Å². The van der Waals surface area contributed by atoms with Crippen molar-refractivity contribution < 1.29 is 17.6 Å². The number of nitrogens with zero attached hydrogens (tertiary/aromatic N) is 1. The Labute approximate surface area is 191 Å². The molecule has 32 heavy (non-hydrogen) atoms. The van der Waals surface area contributed by atoms with E-state index in [-0.39, 0.29) is 11.3 Å². The van der Waals surface area contributed by atoms with E-state index in [4.69, 9.17) is 7.85 Å². The standard InChI is InChI=1S/C22H21BFN3O3S2/c23-15-8-6-14(7-9-15)20-13-31-22(25-20)26-21(28)18-11-10-16(24)12-19(18)27-32(29,30)17-4-2-1-3-5-17/h6-13,17,27H,1-5H2,(H,25,26,28). The number of rotatable bonds is 6. The molecule has 1 saturated carbocycles. The van der Waals surface area contributed by atoms with Gasteiger partial charge in [0.2, 0.25) is 10.0 Å². The highest BCUT2D eigenvalue weighted by molar-refractivity contribution is 7.93. The zero-order chi connectivity index (χ0) is 22.7. The number of benzene rings is 2. The largest absolute Gasteiger partial charge is 0.298 e. The molecular weight excluding hydrogens is 448 g/mol. The predicted molar refractivity (Wildman–Crippen MR) is 127 cm³/mol. The summed E-state index contributed by atoms with van der Waals surface area (Å²) in [4.78, 5) is 17.3. The molecule has 1 aromatic heterocycles. The van der Waals surface area contributed by atoms with Gasteiger partial charge in [-0.2, -0.15) is 0 Å². The summed E-state index contributed by atoms with van der Waals surface area (Å²) in [5.41, 5.74) is 2.09. The van der Waals surface area contributed by atoms with Crippen molar-refractivity contribution in [3.8, 4) is 11.3 Å². The number of hydrogen-bond donors (Lipinski definition) is 2. The van der Waals surface area contributed by atoms with Crippen LogP contribution in [-0.2, 0) is 10.0 Å². The first-order valence-corrected chi connectivity index (χ1v) is 12.7. The molecule has 1 heterocycles. The van der Waals surface area contributed by atoms with Crippen molar-refractivity contribution in [1.82, 2.24) is 4.98 Å². The highest BCUT2D eigenvalue weighted by atomic mass is 32.2. The summed E-state index contributed by atoms with van der Waals surface area (Å²) in [5.74, 6) is -1.22. The Morgan fingerprint density at radius 2 is 1.81 bits per heavy atom. The molecule has 1 amide bonds. The molecule has 4 rings (SSSR count). The molecule has 0 spiro atoms. The van der Waals surface area contributed by atoms with Crippen molar-refractivity contribution in [3.05, 3.63) is 59.2 Å². The molecule has 2 N–H and O–H groups in total. The van der Waals surface area contributed by atoms with Crippen LogP contribution in [0.3, 0.4) is 0 Å². The summed E-state index contributed by atoms with van der Waals surface area (Å²) < 4.78 is 41.9. The number of hydrogen-bond acceptors (Lipinski definition) is 5. The average Bonchev–Trinajstić information content (AvgIpc) is 3.23. The van der Waals surface area contributed by atoms with Crippen molar-refractivity contribution in [3.63, 3.8) is 0 Å². The van der Waals surface area contributed by atoms with Gasteiger partial charge in [0.05, 0.1) is 22.2 Å². The van der Waals surface area contributed by atoms with E-state index >= 15 is 0 Å². The highest BCUT2D eigenvalue weighted by Gasteiger charge is 2.28. The maximum Gasteiger partial charge on any atom is 0.259 e. The molecule has 1 fully saturated rings. The van der Waals surface area contributed by atoms with Crippen LogP contribution in [0.4, 0.5) is 15.2 Å². The van der Waals surface area contributed by atoms with Crippen LogP contribution in [0.25, 0.3) is 11.3 Å². The minimum absolute atomic E-state index is 0.0232. The van der Waals surface area contributed by atoms with Gasteiger partial charge < -0.3 is 0 Å². The fourth-order valence-electron chi connectivity index (χ4n) is 3.69. The molecule has 0 saturated heterocycles. The van der Waals surface area contributed by atoms with E-state index in [1.54, 1.807) is 17.5 Å². The van der Waals surface area contributed by atoms with Gasteiger partial charge in [0.25, 0.3) is 5.91 Å². The number of halogens is 1. The number of thiazole rings is 1. The van der Waals surface area contributed by atoms with E-state index in [9.17, 15) is 17.6 Å². The van der Waals surface area contributed by atoms with Gasteiger partial charge in [-0.15, -0.1) is 11.3 Å². The lowest BCUT2D eigenvalue weighted by Gasteiger charge is -2.23. The van der Waals surface area contributed by atoms with Gasteiger partial charge >= 0.3 is 0 Å². The number of aromatic nitrogens is 1. The molecule has 164 valence electrons.